The number of hydrogen-bond donors (Lipinski definition) is 1. The van der Waals surface area contributed by atoms with Crippen molar-refractivity contribution in [1.82, 2.24) is 20.1 Å². The quantitative estimate of drug-likeness (QED) is 0.726. The molecule has 6 heteroatoms. The maximum Gasteiger partial charge on any atom is 0.209 e. The van der Waals surface area contributed by atoms with Crippen molar-refractivity contribution >= 4 is 11.1 Å². The van der Waals surface area contributed by atoms with Gasteiger partial charge in [0.25, 0.3) is 0 Å². The molecule has 1 atom stereocenters. The second kappa shape index (κ2) is 6.62. The SMILES string of the molecule is COc1ccc2oc(CN[C@H](C)CCn3cccn3)nc2c1. The molecule has 0 unspecified atom stereocenters. The van der Waals surface area contributed by atoms with Crippen molar-refractivity contribution in [3.63, 3.8) is 0 Å². The van der Waals surface area contributed by atoms with Gasteiger partial charge in [-0.1, -0.05) is 0 Å². The van der Waals surface area contributed by atoms with E-state index in [0.717, 1.165) is 29.8 Å². The molecule has 0 aliphatic carbocycles. The highest BCUT2D eigenvalue weighted by atomic mass is 16.5. The minimum atomic E-state index is 0.355. The van der Waals surface area contributed by atoms with Crippen LogP contribution in [0.3, 0.4) is 0 Å². The second-order valence-electron chi connectivity index (χ2n) is 5.28. The largest absolute Gasteiger partial charge is 0.497 e. The average molecular weight is 300 g/mol. The predicted octanol–water partition coefficient (Wildman–Crippen LogP) is 2.60. The van der Waals surface area contributed by atoms with Crippen LogP contribution in [0.4, 0.5) is 0 Å². The van der Waals surface area contributed by atoms with Crippen molar-refractivity contribution in [2.24, 2.45) is 0 Å². The average Bonchev–Trinajstić information content (AvgIpc) is 3.18. The van der Waals surface area contributed by atoms with E-state index in [-0.39, 0.29) is 0 Å². The van der Waals surface area contributed by atoms with Gasteiger partial charge in [-0.2, -0.15) is 5.10 Å². The lowest BCUT2D eigenvalue weighted by Crippen LogP contribution is -2.27. The molecule has 0 saturated carbocycles. The molecule has 22 heavy (non-hydrogen) atoms. The van der Waals surface area contributed by atoms with Crippen LogP contribution >= 0.6 is 0 Å². The number of rotatable bonds is 7. The molecule has 0 aliphatic heterocycles. The summed E-state index contributed by atoms with van der Waals surface area (Å²) in [4.78, 5) is 4.48. The van der Waals surface area contributed by atoms with E-state index in [0.29, 0.717) is 18.5 Å². The second-order valence-corrected chi connectivity index (χ2v) is 5.28. The Morgan fingerprint density at radius 3 is 3.09 bits per heavy atom. The molecule has 1 aromatic carbocycles. The number of hydrogen-bond acceptors (Lipinski definition) is 5. The Bertz CT molecular complexity index is 721. The summed E-state index contributed by atoms with van der Waals surface area (Å²) in [5.41, 5.74) is 1.60. The predicted molar refractivity (Wildman–Crippen MR) is 83.7 cm³/mol. The van der Waals surface area contributed by atoms with Crippen molar-refractivity contribution in [2.45, 2.75) is 32.5 Å². The lowest BCUT2D eigenvalue weighted by Gasteiger charge is -2.12. The molecule has 3 aromatic rings. The maximum atomic E-state index is 5.72. The summed E-state index contributed by atoms with van der Waals surface area (Å²) < 4.78 is 12.8. The van der Waals surface area contributed by atoms with E-state index in [9.17, 15) is 0 Å². The number of aromatic nitrogens is 3. The number of aryl methyl sites for hydroxylation is 1. The van der Waals surface area contributed by atoms with E-state index in [1.807, 2.05) is 35.1 Å². The van der Waals surface area contributed by atoms with Gasteiger partial charge in [-0.05, 0) is 31.5 Å². The van der Waals surface area contributed by atoms with Crippen LogP contribution in [0.2, 0.25) is 0 Å². The molecule has 0 spiro atoms. The van der Waals surface area contributed by atoms with Crippen LogP contribution in [0.25, 0.3) is 11.1 Å². The van der Waals surface area contributed by atoms with Gasteiger partial charge in [-0.3, -0.25) is 4.68 Å². The summed E-state index contributed by atoms with van der Waals surface area (Å²) in [6.45, 7) is 3.65. The van der Waals surface area contributed by atoms with Crippen molar-refractivity contribution in [3.05, 3.63) is 42.5 Å². The number of oxazole rings is 1. The summed E-state index contributed by atoms with van der Waals surface area (Å²) in [7, 11) is 1.64. The molecule has 116 valence electrons. The molecule has 0 radical (unpaired) electrons. The number of ether oxygens (including phenoxy) is 1. The number of nitrogens with one attached hydrogen (secondary N) is 1. The molecule has 0 saturated heterocycles. The summed E-state index contributed by atoms with van der Waals surface area (Å²) in [5.74, 6) is 1.47. The number of benzene rings is 1. The van der Waals surface area contributed by atoms with Gasteiger partial charge in [-0.15, -0.1) is 0 Å². The topological polar surface area (TPSA) is 65.1 Å². The van der Waals surface area contributed by atoms with E-state index < -0.39 is 0 Å². The zero-order valence-corrected chi connectivity index (χ0v) is 12.8. The standard InChI is InChI=1S/C16H20N4O2/c1-12(6-9-20-8-3-7-18-20)17-11-16-19-14-10-13(21-2)4-5-15(14)22-16/h3-5,7-8,10,12,17H,6,9,11H2,1-2H3/t12-/m1/s1. The Morgan fingerprint density at radius 1 is 1.41 bits per heavy atom. The number of fused-ring (bicyclic) bond motifs is 1. The zero-order chi connectivity index (χ0) is 15.4. The van der Waals surface area contributed by atoms with Gasteiger partial charge in [0.15, 0.2) is 5.58 Å². The minimum Gasteiger partial charge on any atom is -0.497 e. The molecule has 2 aromatic heterocycles. The van der Waals surface area contributed by atoms with Gasteiger partial charge in [0.05, 0.1) is 13.7 Å². The molecule has 3 rings (SSSR count). The van der Waals surface area contributed by atoms with Crippen molar-refractivity contribution in [1.29, 1.82) is 0 Å². The van der Waals surface area contributed by atoms with Crippen molar-refractivity contribution < 1.29 is 9.15 Å². The molecule has 0 amide bonds. The first kappa shape index (κ1) is 14.6. The first-order valence-corrected chi connectivity index (χ1v) is 7.39. The van der Waals surface area contributed by atoms with E-state index in [1.54, 1.807) is 13.3 Å². The van der Waals surface area contributed by atoms with Gasteiger partial charge < -0.3 is 14.5 Å². The van der Waals surface area contributed by atoms with Gasteiger partial charge >= 0.3 is 0 Å². The van der Waals surface area contributed by atoms with E-state index in [1.165, 1.54) is 0 Å². The fourth-order valence-corrected chi connectivity index (χ4v) is 2.28. The monoisotopic (exact) mass is 300 g/mol. The Balaban J connectivity index is 1.54. The molecular formula is C16H20N4O2. The Labute approximate surface area is 129 Å². The lowest BCUT2D eigenvalue weighted by atomic mass is 10.2. The van der Waals surface area contributed by atoms with Gasteiger partial charge in [0, 0.05) is 31.0 Å². The minimum absolute atomic E-state index is 0.355. The van der Waals surface area contributed by atoms with Crippen LogP contribution in [0.15, 0.2) is 41.1 Å². The first-order valence-electron chi connectivity index (χ1n) is 7.39. The normalized spacial score (nSPS) is 12.6. The van der Waals surface area contributed by atoms with Crippen LogP contribution in [0.1, 0.15) is 19.2 Å². The van der Waals surface area contributed by atoms with Crippen LogP contribution in [-0.2, 0) is 13.1 Å². The summed E-state index contributed by atoms with van der Waals surface area (Å²) in [5, 5.41) is 7.62. The molecule has 0 bridgehead atoms. The molecule has 6 nitrogen and oxygen atoms in total. The molecular weight excluding hydrogens is 280 g/mol. The smallest absolute Gasteiger partial charge is 0.209 e. The third-order valence-corrected chi connectivity index (χ3v) is 3.59. The number of nitrogens with zero attached hydrogens (tertiary/aromatic N) is 3. The van der Waals surface area contributed by atoms with E-state index in [4.69, 9.17) is 9.15 Å². The van der Waals surface area contributed by atoms with Crippen LogP contribution < -0.4 is 10.1 Å². The summed E-state index contributed by atoms with van der Waals surface area (Å²) in [6, 6.07) is 7.92. The van der Waals surface area contributed by atoms with E-state index >= 15 is 0 Å². The van der Waals surface area contributed by atoms with Gasteiger partial charge in [-0.25, -0.2) is 4.98 Å². The van der Waals surface area contributed by atoms with Crippen LogP contribution in [-0.4, -0.2) is 27.9 Å². The fraction of sp³-hybridized carbons (Fsp3) is 0.375. The fourth-order valence-electron chi connectivity index (χ4n) is 2.28. The first-order chi connectivity index (χ1) is 10.7. The maximum absolute atomic E-state index is 5.72. The van der Waals surface area contributed by atoms with Crippen molar-refractivity contribution in [3.8, 4) is 5.75 Å². The van der Waals surface area contributed by atoms with Crippen LogP contribution in [0, 0.1) is 0 Å². The highest BCUT2D eigenvalue weighted by molar-refractivity contribution is 5.74. The molecule has 0 fully saturated rings. The zero-order valence-electron chi connectivity index (χ0n) is 12.8. The highest BCUT2D eigenvalue weighted by Crippen LogP contribution is 2.21. The summed E-state index contributed by atoms with van der Waals surface area (Å²) >= 11 is 0. The van der Waals surface area contributed by atoms with E-state index in [2.05, 4.69) is 22.3 Å². The molecule has 2 heterocycles. The Hall–Kier alpha value is -2.34. The third kappa shape index (κ3) is 3.46. The summed E-state index contributed by atoms with van der Waals surface area (Å²) in [6.07, 6.45) is 4.77. The van der Waals surface area contributed by atoms with Crippen LogP contribution in [0.5, 0.6) is 5.75 Å². The highest BCUT2D eigenvalue weighted by Gasteiger charge is 2.08. The van der Waals surface area contributed by atoms with Crippen molar-refractivity contribution in [2.75, 3.05) is 7.11 Å². The Kier molecular flexibility index (Phi) is 4.39. The number of methoxy groups -OCH3 is 1. The molecule has 0 aliphatic rings. The van der Waals surface area contributed by atoms with Gasteiger partial charge in [0.2, 0.25) is 5.89 Å². The third-order valence-electron chi connectivity index (χ3n) is 3.59. The van der Waals surface area contributed by atoms with Gasteiger partial charge in [0.1, 0.15) is 11.3 Å². The lowest BCUT2D eigenvalue weighted by molar-refractivity contribution is 0.415. The Morgan fingerprint density at radius 2 is 2.32 bits per heavy atom. The molecule has 1 N–H and O–H groups in total.